The minimum absolute atomic E-state index is 0.133. The Labute approximate surface area is 157 Å². The zero-order valence-electron chi connectivity index (χ0n) is 15.1. The normalized spacial score (nSPS) is 11.6. The number of benzene rings is 3. The van der Waals surface area contributed by atoms with Gasteiger partial charge in [-0.15, -0.1) is 0 Å². The zero-order chi connectivity index (χ0) is 18.4. The molecule has 0 spiro atoms. The summed E-state index contributed by atoms with van der Waals surface area (Å²) >= 11 is 0. The Kier molecular flexibility index (Phi) is 5.85. The maximum absolute atomic E-state index is 11.4. The third kappa shape index (κ3) is 4.39. The molecule has 3 heteroatoms. The second kappa shape index (κ2) is 8.29. The zero-order valence-corrected chi connectivity index (χ0v) is 16.1. The van der Waals surface area contributed by atoms with Gasteiger partial charge in [0.05, 0.1) is 0 Å². The van der Waals surface area contributed by atoms with Crippen LogP contribution in [0.3, 0.4) is 0 Å². The van der Waals surface area contributed by atoms with Crippen LogP contribution in [-0.4, -0.2) is 6.29 Å². The van der Waals surface area contributed by atoms with Gasteiger partial charge in [0.15, 0.2) is 6.29 Å². The Morgan fingerprint density at radius 1 is 0.885 bits per heavy atom. The first-order valence-corrected chi connectivity index (χ1v) is 9.69. The Bertz CT molecular complexity index is 872. The number of carbonyl (C=O) groups is 1. The van der Waals surface area contributed by atoms with Crippen molar-refractivity contribution < 1.29 is 9.53 Å². The fourth-order valence-corrected chi connectivity index (χ4v) is 4.44. The van der Waals surface area contributed by atoms with E-state index in [0.29, 0.717) is 15.2 Å². The molecule has 0 saturated heterocycles. The smallest absolute Gasteiger partial charge is 0.150 e. The van der Waals surface area contributed by atoms with Gasteiger partial charge in [0.2, 0.25) is 0 Å². The van der Waals surface area contributed by atoms with Crippen molar-refractivity contribution in [1.82, 2.24) is 0 Å². The molecular weight excluding hydrogens is 339 g/mol. The summed E-state index contributed by atoms with van der Waals surface area (Å²) in [7, 11) is 0.470. The van der Waals surface area contributed by atoms with Gasteiger partial charge in [0.1, 0.15) is 12.4 Å². The van der Waals surface area contributed by atoms with Crippen LogP contribution >= 0.6 is 8.58 Å². The summed E-state index contributed by atoms with van der Waals surface area (Å²) < 4.78 is 6.14. The summed E-state index contributed by atoms with van der Waals surface area (Å²) in [5, 5.41) is 0.956. The Morgan fingerprint density at radius 3 is 2.31 bits per heavy atom. The summed E-state index contributed by atoms with van der Waals surface area (Å²) in [4.78, 5) is 11.4. The second-order valence-electron chi connectivity index (χ2n) is 6.73. The van der Waals surface area contributed by atoms with Crippen LogP contribution in [0.15, 0.2) is 78.9 Å². The van der Waals surface area contributed by atoms with Crippen LogP contribution in [-0.2, 0) is 11.8 Å². The van der Waals surface area contributed by atoms with Crippen molar-refractivity contribution in [2.75, 3.05) is 0 Å². The Hall–Kier alpha value is -2.44. The van der Waals surface area contributed by atoms with E-state index in [4.69, 9.17) is 4.74 Å². The fraction of sp³-hybridized carbons (Fsp3) is 0.174. The van der Waals surface area contributed by atoms with Gasteiger partial charge in [-0.05, 0) is 16.9 Å². The summed E-state index contributed by atoms with van der Waals surface area (Å²) in [5.74, 6) is 0.900. The van der Waals surface area contributed by atoms with Crippen molar-refractivity contribution in [3.05, 3.63) is 95.6 Å². The number of hydrogen-bond donors (Lipinski definition) is 0. The first kappa shape index (κ1) is 18.4. The summed E-state index contributed by atoms with van der Waals surface area (Å²) in [6.45, 7) is 4.96. The minimum atomic E-state index is -0.133. The van der Waals surface area contributed by atoms with Gasteiger partial charge in [-0.3, -0.25) is 4.79 Å². The van der Waals surface area contributed by atoms with Gasteiger partial charge in [0, 0.05) is 16.3 Å². The van der Waals surface area contributed by atoms with E-state index in [1.54, 1.807) is 0 Å². The van der Waals surface area contributed by atoms with Crippen molar-refractivity contribution in [1.29, 1.82) is 0 Å². The third-order valence-electron chi connectivity index (χ3n) is 4.33. The molecule has 0 aliphatic rings. The van der Waals surface area contributed by atoms with Crippen LogP contribution in [0.2, 0.25) is 0 Å². The quantitative estimate of drug-likeness (QED) is 0.420. The summed E-state index contributed by atoms with van der Waals surface area (Å²) in [5.41, 5.74) is 3.07. The second-order valence-corrected chi connectivity index (χ2v) is 8.76. The van der Waals surface area contributed by atoms with E-state index in [9.17, 15) is 4.79 Å². The molecule has 0 amide bonds. The van der Waals surface area contributed by atoms with Crippen LogP contribution in [0.5, 0.6) is 5.75 Å². The Morgan fingerprint density at radius 2 is 1.54 bits per heavy atom. The SMILES string of the molecule is CC(C)(Pc1ccccc1C=O)c1ccccc1OCc1ccccc1. The number of ether oxygens (including phenoxy) is 1. The summed E-state index contributed by atoms with van der Waals surface area (Å²) in [6.07, 6.45) is 0.941. The molecule has 3 aromatic carbocycles. The largest absolute Gasteiger partial charge is 0.489 e. The molecule has 0 aliphatic heterocycles. The van der Waals surface area contributed by atoms with E-state index in [0.717, 1.165) is 34.0 Å². The van der Waals surface area contributed by atoms with E-state index in [-0.39, 0.29) is 5.16 Å². The first-order valence-electron chi connectivity index (χ1n) is 8.69. The molecule has 0 fully saturated rings. The van der Waals surface area contributed by atoms with Gasteiger partial charge in [-0.2, -0.15) is 0 Å². The van der Waals surface area contributed by atoms with Gasteiger partial charge in [-0.25, -0.2) is 0 Å². The average Bonchev–Trinajstić information content (AvgIpc) is 2.67. The molecule has 0 bridgehead atoms. The lowest BCUT2D eigenvalue weighted by molar-refractivity contribution is 0.112. The third-order valence-corrected chi connectivity index (χ3v) is 5.95. The molecule has 0 heterocycles. The van der Waals surface area contributed by atoms with Gasteiger partial charge < -0.3 is 4.74 Å². The van der Waals surface area contributed by atoms with Crippen molar-refractivity contribution in [2.24, 2.45) is 0 Å². The minimum Gasteiger partial charge on any atom is -0.489 e. The molecule has 132 valence electrons. The van der Waals surface area contributed by atoms with Crippen LogP contribution in [0, 0.1) is 0 Å². The highest BCUT2D eigenvalue weighted by Crippen LogP contribution is 2.44. The predicted molar refractivity (Wildman–Crippen MR) is 110 cm³/mol. The highest BCUT2D eigenvalue weighted by Gasteiger charge is 2.25. The van der Waals surface area contributed by atoms with E-state index in [1.165, 1.54) is 0 Å². The monoisotopic (exact) mass is 362 g/mol. The number of hydrogen-bond acceptors (Lipinski definition) is 2. The molecule has 0 radical (unpaired) electrons. The topological polar surface area (TPSA) is 26.3 Å². The number of para-hydroxylation sites is 1. The fourth-order valence-electron chi connectivity index (χ4n) is 2.96. The van der Waals surface area contributed by atoms with Crippen molar-refractivity contribution >= 4 is 20.2 Å². The molecule has 26 heavy (non-hydrogen) atoms. The number of rotatable bonds is 7. The number of carbonyl (C=O) groups excluding carboxylic acids is 1. The van der Waals surface area contributed by atoms with Gasteiger partial charge in [-0.1, -0.05) is 95.2 Å². The standard InChI is InChI=1S/C23H23O2P/c1-23(2,26-22-15-9-6-12-19(22)16-24)20-13-7-8-14-21(20)25-17-18-10-4-3-5-11-18/h3-16,26H,17H2,1-2H3. The van der Waals surface area contributed by atoms with Gasteiger partial charge >= 0.3 is 0 Å². The predicted octanol–water partition coefficient (Wildman–Crippen LogP) is 5.32. The molecule has 0 aliphatic carbocycles. The molecule has 1 unspecified atom stereocenters. The van der Waals surface area contributed by atoms with E-state index in [2.05, 4.69) is 32.0 Å². The highest BCUT2D eigenvalue weighted by molar-refractivity contribution is 7.48. The molecule has 2 nitrogen and oxygen atoms in total. The molecule has 0 N–H and O–H groups in total. The van der Waals surface area contributed by atoms with Gasteiger partial charge in [0.25, 0.3) is 0 Å². The maximum Gasteiger partial charge on any atom is 0.150 e. The van der Waals surface area contributed by atoms with Crippen LogP contribution in [0.25, 0.3) is 0 Å². The molecule has 3 aromatic rings. The van der Waals surface area contributed by atoms with Crippen LogP contribution in [0.4, 0.5) is 0 Å². The van der Waals surface area contributed by atoms with Crippen molar-refractivity contribution in [2.45, 2.75) is 25.6 Å². The average molecular weight is 362 g/mol. The lowest BCUT2D eigenvalue weighted by Crippen LogP contribution is -2.18. The van der Waals surface area contributed by atoms with Crippen LogP contribution in [0.1, 0.15) is 35.3 Å². The Balaban J connectivity index is 1.84. The molecule has 0 saturated carbocycles. The van der Waals surface area contributed by atoms with Crippen molar-refractivity contribution in [3.8, 4) is 5.75 Å². The van der Waals surface area contributed by atoms with Crippen LogP contribution < -0.4 is 10.0 Å². The lowest BCUT2D eigenvalue weighted by atomic mass is 10.0. The maximum atomic E-state index is 11.4. The van der Waals surface area contributed by atoms with E-state index in [1.807, 2.05) is 60.7 Å². The molecular formula is C23H23O2P. The molecule has 3 rings (SSSR count). The first-order chi connectivity index (χ1) is 12.6. The number of aldehydes is 1. The lowest BCUT2D eigenvalue weighted by Gasteiger charge is -2.28. The molecule has 0 aromatic heterocycles. The van der Waals surface area contributed by atoms with E-state index < -0.39 is 0 Å². The van der Waals surface area contributed by atoms with E-state index >= 15 is 0 Å². The molecule has 1 atom stereocenters. The van der Waals surface area contributed by atoms with Crippen molar-refractivity contribution in [3.63, 3.8) is 0 Å². The highest BCUT2D eigenvalue weighted by atomic mass is 31.1. The summed E-state index contributed by atoms with van der Waals surface area (Å²) in [6, 6.07) is 26.2.